The molecule has 0 saturated carbocycles. The zero-order chi connectivity index (χ0) is 21.0. The van der Waals surface area contributed by atoms with Gasteiger partial charge in [0, 0.05) is 16.7 Å². The molecule has 3 heteroatoms. The quantitative estimate of drug-likeness (QED) is 0.604. The van der Waals surface area contributed by atoms with E-state index in [-0.39, 0.29) is 16.6 Å². The second-order valence-corrected chi connectivity index (χ2v) is 9.50. The summed E-state index contributed by atoms with van der Waals surface area (Å²) < 4.78 is 0. The van der Waals surface area contributed by atoms with Crippen LogP contribution in [0.25, 0.3) is 10.8 Å². The molecule has 0 unspecified atom stereocenters. The van der Waals surface area contributed by atoms with Crippen molar-refractivity contribution in [2.45, 2.75) is 51.4 Å². The van der Waals surface area contributed by atoms with Crippen LogP contribution in [0.4, 0.5) is 0 Å². The highest BCUT2D eigenvalue weighted by Gasteiger charge is 2.37. The number of hydrogen-bond acceptors (Lipinski definition) is 2. The number of carbonyl (C=O) groups is 2. The maximum Gasteiger partial charge on any atom is 0.248 e. The van der Waals surface area contributed by atoms with E-state index in [1.165, 1.54) is 11.1 Å². The fraction of sp³-hybridized carbons (Fsp3) is 0.308. The summed E-state index contributed by atoms with van der Waals surface area (Å²) in [4.78, 5) is 24.6. The van der Waals surface area contributed by atoms with Gasteiger partial charge in [0.05, 0.1) is 0 Å². The molecule has 0 spiro atoms. The molecule has 0 heterocycles. The topological polar surface area (TPSA) is 60.2 Å². The Kier molecular flexibility index (Phi) is 4.38. The second-order valence-electron chi connectivity index (χ2n) is 9.50. The molecule has 3 aromatic rings. The van der Waals surface area contributed by atoms with Crippen LogP contribution in [0.1, 0.15) is 77.9 Å². The molecular weight excluding hydrogens is 358 g/mol. The van der Waals surface area contributed by atoms with Crippen molar-refractivity contribution in [2.24, 2.45) is 5.73 Å². The fourth-order valence-corrected chi connectivity index (χ4v) is 4.44. The summed E-state index contributed by atoms with van der Waals surface area (Å²) in [7, 11) is 0. The van der Waals surface area contributed by atoms with E-state index in [4.69, 9.17) is 5.73 Å². The van der Waals surface area contributed by atoms with Crippen LogP contribution in [0.5, 0.6) is 0 Å². The molecule has 3 nitrogen and oxygen atoms in total. The molecule has 148 valence electrons. The molecular formula is C26H27NO2. The van der Waals surface area contributed by atoms with E-state index >= 15 is 0 Å². The molecule has 0 atom stereocenters. The normalized spacial score (nSPS) is 17.0. The van der Waals surface area contributed by atoms with Crippen LogP contribution < -0.4 is 5.73 Å². The number of fused-ring (bicyclic) bond motifs is 2. The van der Waals surface area contributed by atoms with Gasteiger partial charge < -0.3 is 5.73 Å². The van der Waals surface area contributed by atoms with Crippen molar-refractivity contribution in [1.29, 1.82) is 0 Å². The Bertz CT molecular complexity index is 1150. The van der Waals surface area contributed by atoms with Crippen LogP contribution in [0.2, 0.25) is 0 Å². The third-order valence-corrected chi connectivity index (χ3v) is 6.50. The van der Waals surface area contributed by atoms with Crippen LogP contribution in [0.15, 0.2) is 54.6 Å². The third kappa shape index (κ3) is 3.35. The average Bonchev–Trinajstić information content (AvgIpc) is 2.70. The SMILES string of the molecule is CC1(C)CCC(C)(C)c2cc(C(=O)c3ccc4cc(C(N)=O)ccc4c3)ccc21. The zero-order valence-electron chi connectivity index (χ0n) is 17.5. The van der Waals surface area contributed by atoms with Gasteiger partial charge in [0.25, 0.3) is 0 Å². The van der Waals surface area contributed by atoms with Crippen molar-refractivity contribution < 1.29 is 9.59 Å². The number of carbonyl (C=O) groups excluding carboxylic acids is 2. The van der Waals surface area contributed by atoms with Crippen molar-refractivity contribution in [2.75, 3.05) is 0 Å². The van der Waals surface area contributed by atoms with E-state index in [1.807, 2.05) is 30.3 Å². The molecule has 1 amide bonds. The number of primary amides is 1. The maximum absolute atomic E-state index is 13.2. The highest BCUT2D eigenvalue weighted by atomic mass is 16.1. The van der Waals surface area contributed by atoms with Gasteiger partial charge in [0.2, 0.25) is 5.91 Å². The molecule has 0 bridgehead atoms. The standard InChI is InChI=1S/C26H27NO2/c1-25(2)11-12-26(3,4)22-15-19(9-10-21(22)25)23(28)18-7-5-17-14-20(24(27)29)8-6-16(17)13-18/h5-10,13-15H,11-12H2,1-4H3,(H2,27,29). The van der Waals surface area contributed by atoms with Gasteiger partial charge in [0.1, 0.15) is 0 Å². The van der Waals surface area contributed by atoms with Gasteiger partial charge in [-0.2, -0.15) is 0 Å². The molecule has 0 fully saturated rings. The van der Waals surface area contributed by atoms with E-state index in [0.29, 0.717) is 11.1 Å². The highest BCUT2D eigenvalue weighted by Crippen LogP contribution is 2.46. The lowest BCUT2D eigenvalue weighted by Crippen LogP contribution is -2.34. The Hall–Kier alpha value is -2.94. The molecule has 0 aliphatic heterocycles. The van der Waals surface area contributed by atoms with E-state index in [9.17, 15) is 9.59 Å². The van der Waals surface area contributed by atoms with Crippen LogP contribution in [-0.2, 0) is 10.8 Å². The number of benzene rings is 3. The molecule has 0 saturated heterocycles. The third-order valence-electron chi connectivity index (χ3n) is 6.50. The summed E-state index contributed by atoms with van der Waals surface area (Å²) in [5.41, 5.74) is 10.0. The van der Waals surface area contributed by atoms with Gasteiger partial charge in [-0.25, -0.2) is 0 Å². The smallest absolute Gasteiger partial charge is 0.248 e. The summed E-state index contributed by atoms with van der Waals surface area (Å²) in [5.74, 6) is -0.431. The molecule has 2 N–H and O–H groups in total. The molecule has 3 aromatic carbocycles. The van der Waals surface area contributed by atoms with Gasteiger partial charge in [-0.3, -0.25) is 9.59 Å². The molecule has 1 aliphatic carbocycles. The number of ketones is 1. The Labute approximate surface area is 171 Å². The summed E-state index contributed by atoms with van der Waals surface area (Å²) >= 11 is 0. The van der Waals surface area contributed by atoms with Gasteiger partial charge in [0.15, 0.2) is 5.78 Å². The Morgan fingerprint density at radius 1 is 0.690 bits per heavy atom. The van der Waals surface area contributed by atoms with Gasteiger partial charge in [-0.05, 0) is 69.8 Å². The molecule has 4 rings (SSSR count). The zero-order valence-corrected chi connectivity index (χ0v) is 17.5. The largest absolute Gasteiger partial charge is 0.366 e. The Morgan fingerprint density at radius 2 is 1.17 bits per heavy atom. The minimum absolute atomic E-state index is 0.0212. The van der Waals surface area contributed by atoms with Crippen LogP contribution >= 0.6 is 0 Å². The minimum Gasteiger partial charge on any atom is -0.366 e. The number of rotatable bonds is 3. The maximum atomic E-state index is 13.2. The average molecular weight is 386 g/mol. The van der Waals surface area contributed by atoms with E-state index < -0.39 is 5.91 Å². The van der Waals surface area contributed by atoms with Crippen LogP contribution in [-0.4, -0.2) is 11.7 Å². The first-order valence-corrected chi connectivity index (χ1v) is 10.1. The molecule has 0 aromatic heterocycles. The number of hydrogen-bond donors (Lipinski definition) is 1. The van der Waals surface area contributed by atoms with E-state index in [0.717, 1.165) is 29.2 Å². The lowest BCUT2D eigenvalue weighted by molar-refractivity contribution is 0.0998. The predicted molar refractivity (Wildman–Crippen MR) is 118 cm³/mol. The van der Waals surface area contributed by atoms with Gasteiger partial charge >= 0.3 is 0 Å². The monoisotopic (exact) mass is 385 g/mol. The second kappa shape index (κ2) is 6.55. The van der Waals surface area contributed by atoms with Crippen molar-refractivity contribution in [3.8, 4) is 0 Å². The first-order chi connectivity index (χ1) is 13.6. The van der Waals surface area contributed by atoms with E-state index in [1.54, 1.807) is 12.1 Å². The van der Waals surface area contributed by atoms with Gasteiger partial charge in [-0.15, -0.1) is 0 Å². The first-order valence-electron chi connectivity index (χ1n) is 10.1. The van der Waals surface area contributed by atoms with Crippen LogP contribution in [0.3, 0.4) is 0 Å². The Balaban J connectivity index is 1.75. The summed E-state index contributed by atoms with van der Waals surface area (Å²) in [6, 6.07) is 17.1. The predicted octanol–water partition coefficient (Wildman–Crippen LogP) is 5.52. The lowest BCUT2D eigenvalue weighted by atomic mass is 9.63. The van der Waals surface area contributed by atoms with Crippen molar-refractivity contribution in [1.82, 2.24) is 0 Å². The first kappa shape index (κ1) is 19.4. The lowest BCUT2D eigenvalue weighted by Gasteiger charge is -2.42. The summed E-state index contributed by atoms with van der Waals surface area (Å²) in [6.45, 7) is 9.10. The van der Waals surface area contributed by atoms with Crippen molar-refractivity contribution in [3.63, 3.8) is 0 Å². The van der Waals surface area contributed by atoms with E-state index in [2.05, 4.69) is 39.8 Å². The minimum atomic E-state index is -0.452. The number of nitrogens with two attached hydrogens (primary N) is 1. The molecule has 29 heavy (non-hydrogen) atoms. The summed E-state index contributed by atoms with van der Waals surface area (Å²) in [5, 5.41) is 1.81. The summed E-state index contributed by atoms with van der Waals surface area (Å²) in [6.07, 6.45) is 2.26. The fourth-order valence-electron chi connectivity index (χ4n) is 4.44. The Morgan fingerprint density at radius 3 is 1.79 bits per heavy atom. The van der Waals surface area contributed by atoms with Crippen LogP contribution in [0, 0.1) is 0 Å². The highest BCUT2D eigenvalue weighted by molar-refractivity contribution is 6.11. The number of amides is 1. The van der Waals surface area contributed by atoms with Crippen molar-refractivity contribution >= 4 is 22.5 Å². The molecule has 1 aliphatic rings. The molecule has 0 radical (unpaired) electrons. The van der Waals surface area contributed by atoms with Crippen molar-refractivity contribution in [3.05, 3.63) is 82.4 Å². The van der Waals surface area contributed by atoms with Gasteiger partial charge in [-0.1, -0.05) is 58.0 Å².